The molecule has 0 radical (unpaired) electrons. The Hall–Kier alpha value is -0.510. The van der Waals surface area contributed by atoms with Crippen LogP contribution in [0, 0.1) is 35.0 Å². The molecule has 1 saturated carbocycles. The fourth-order valence-corrected chi connectivity index (χ4v) is 2.26. The minimum atomic E-state index is 0.329. The van der Waals surface area contributed by atoms with Gasteiger partial charge in [-0.25, -0.2) is 0 Å². The van der Waals surface area contributed by atoms with E-state index in [1.54, 1.807) is 0 Å². The number of hydrogen-bond acceptors (Lipinski definition) is 1. The van der Waals surface area contributed by atoms with Gasteiger partial charge < -0.3 is 0 Å². The minimum absolute atomic E-state index is 0.329. The van der Waals surface area contributed by atoms with Crippen molar-refractivity contribution in [2.75, 3.05) is 0 Å². The standard InChI is InChI=1S/C10H17N/c1-4-9-5-10(6-11)8(3)7(9)2/h7-10H,4-5H2,1-3H3. The molecule has 0 N–H and O–H groups in total. The molecule has 11 heavy (non-hydrogen) atoms. The first-order valence-corrected chi connectivity index (χ1v) is 4.60. The Bertz CT molecular complexity index is 168. The summed E-state index contributed by atoms with van der Waals surface area (Å²) in [5, 5.41) is 8.82. The Morgan fingerprint density at radius 3 is 2.27 bits per heavy atom. The molecule has 0 aliphatic heterocycles. The summed E-state index contributed by atoms with van der Waals surface area (Å²) in [5.41, 5.74) is 0. The normalized spacial score (nSPS) is 43.8. The number of hydrogen-bond donors (Lipinski definition) is 0. The molecule has 0 saturated heterocycles. The van der Waals surface area contributed by atoms with Crippen molar-refractivity contribution in [3.8, 4) is 6.07 Å². The Morgan fingerprint density at radius 2 is 2.00 bits per heavy atom. The van der Waals surface area contributed by atoms with Gasteiger partial charge in [0.15, 0.2) is 0 Å². The Balaban J connectivity index is 2.62. The summed E-state index contributed by atoms with van der Waals surface area (Å²) in [6.45, 7) is 6.73. The first kappa shape index (κ1) is 8.59. The zero-order valence-electron chi connectivity index (χ0n) is 7.67. The molecule has 1 nitrogen and oxygen atoms in total. The number of nitrogens with zero attached hydrogens (tertiary/aromatic N) is 1. The van der Waals surface area contributed by atoms with Crippen molar-refractivity contribution >= 4 is 0 Å². The smallest absolute Gasteiger partial charge is 0.0658 e. The van der Waals surface area contributed by atoms with Crippen molar-refractivity contribution in [1.29, 1.82) is 5.26 Å². The predicted molar refractivity (Wildman–Crippen MR) is 45.8 cm³/mol. The highest BCUT2D eigenvalue weighted by Crippen LogP contribution is 2.42. The average Bonchev–Trinajstić information content (AvgIpc) is 2.30. The first-order chi connectivity index (χ1) is 5.20. The molecular weight excluding hydrogens is 134 g/mol. The van der Waals surface area contributed by atoms with E-state index >= 15 is 0 Å². The van der Waals surface area contributed by atoms with Crippen molar-refractivity contribution in [3.63, 3.8) is 0 Å². The molecular formula is C10H17N. The van der Waals surface area contributed by atoms with Gasteiger partial charge in [-0.2, -0.15) is 5.26 Å². The van der Waals surface area contributed by atoms with Crippen LogP contribution in [0.1, 0.15) is 33.6 Å². The van der Waals surface area contributed by atoms with E-state index < -0.39 is 0 Å². The fraction of sp³-hybridized carbons (Fsp3) is 0.900. The fourth-order valence-electron chi connectivity index (χ4n) is 2.26. The lowest BCUT2D eigenvalue weighted by Crippen LogP contribution is -2.09. The Morgan fingerprint density at radius 1 is 1.36 bits per heavy atom. The second-order valence-corrected chi connectivity index (χ2v) is 3.86. The average molecular weight is 151 g/mol. The van der Waals surface area contributed by atoms with Crippen LogP contribution >= 0.6 is 0 Å². The van der Waals surface area contributed by atoms with Crippen LogP contribution in [0.15, 0.2) is 0 Å². The summed E-state index contributed by atoms with van der Waals surface area (Å²) >= 11 is 0. The molecule has 0 spiro atoms. The number of nitriles is 1. The maximum absolute atomic E-state index is 8.82. The van der Waals surface area contributed by atoms with E-state index in [1.807, 2.05) is 0 Å². The molecule has 0 aromatic carbocycles. The summed E-state index contributed by atoms with van der Waals surface area (Å²) in [7, 11) is 0. The van der Waals surface area contributed by atoms with Crippen LogP contribution in [0.3, 0.4) is 0 Å². The zero-order chi connectivity index (χ0) is 8.43. The van der Waals surface area contributed by atoms with Gasteiger partial charge in [-0.3, -0.25) is 0 Å². The van der Waals surface area contributed by atoms with E-state index in [0.29, 0.717) is 11.8 Å². The monoisotopic (exact) mass is 151 g/mol. The maximum atomic E-state index is 8.82. The second kappa shape index (κ2) is 3.26. The molecule has 0 bridgehead atoms. The highest BCUT2D eigenvalue weighted by molar-refractivity contribution is 4.96. The van der Waals surface area contributed by atoms with Crippen molar-refractivity contribution in [2.45, 2.75) is 33.6 Å². The van der Waals surface area contributed by atoms with Crippen molar-refractivity contribution in [3.05, 3.63) is 0 Å². The van der Waals surface area contributed by atoms with Crippen molar-refractivity contribution in [2.24, 2.45) is 23.7 Å². The molecule has 1 fully saturated rings. The van der Waals surface area contributed by atoms with Crippen LogP contribution in [-0.2, 0) is 0 Å². The van der Waals surface area contributed by atoms with E-state index in [4.69, 9.17) is 5.26 Å². The number of rotatable bonds is 1. The van der Waals surface area contributed by atoms with Crippen LogP contribution in [0.25, 0.3) is 0 Å². The summed E-state index contributed by atoms with van der Waals surface area (Å²) in [6.07, 6.45) is 2.37. The topological polar surface area (TPSA) is 23.8 Å². The van der Waals surface area contributed by atoms with Crippen molar-refractivity contribution < 1.29 is 0 Å². The first-order valence-electron chi connectivity index (χ1n) is 4.60. The molecule has 0 aromatic rings. The van der Waals surface area contributed by atoms with Crippen LogP contribution < -0.4 is 0 Å². The second-order valence-electron chi connectivity index (χ2n) is 3.86. The summed E-state index contributed by atoms with van der Waals surface area (Å²) in [4.78, 5) is 0. The van der Waals surface area contributed by atoms with Gasteiger partial charge >= 0.3 is 0 Å². The van der Waals surface area contributed by atoms with Crippen LogP contribution in [0.5, 0.6) is 0 Å². The predicted octanol–water partition coefficient (Wildman–Crippen LogP) is 2.83. The van der Waals surface area contributed by atoms with Gasteiger partial charge in [0.2, 0.25) is 0 Å². The Kier molecular flexibility index (Phi) is 2.54. The SMILES string of the molecule is CCC1CC(C#N)C(C)C1C. The third-order valence-corrected chi connectivity index (χ3v) is 3.45. The largest absolute Gasteiger partial charge is 0.198 e. The molecule has 1 rings (SSSR count). The molecule has 62 valence electrons. The van der Waals surface area contributed by atoms with Gasteiger partial charge in [-0.15, -0.1) is 0 Å². The van der Waals surface area contributed by atoms with Crippen LogP contribution in [0.4, 0.5) is 0 Å². The van der Waals surface area contributed by atoms with Crippen LogP contribution in [-0.4, -0.2) is 0 Å². The van der Waals surface area contributed by atoms with Gasteiger partial charge in [0.1, 0.15) is 0 Å². The molecule has 4 atom stereocenters. The van der Waals surface area contributed by atoms with Crippen molar-refractivity contribution in [1.82, 2.24) is 0 Å². The minimum Gasteiger partial charge on any atom is -0.198 e. The quantitative estimate of drug-likeness (QED) is 0.565. The zero-order valence-corrected chi connectivity index (χ0v) is 7.67. The summed E-state index contributed by atoms with van der Waals surface area (Å²) < 4.78 is 0. The van der Waals surface area contributed by atoms with E-state index in [1.165, 1.54) is 6.42 Å². The van der Waals surface area contributed by atoms with E-state index in [2.05, 4.69) is 26.8 Å². The molecule has 0 amide bonds. The third-order valence-electron chi connectivity index (χ3n) is 3.45. The molecule has 1 aliphatic carbocycles. The van der Waals surface area contributed by atoms with E-state index in [9.17, 15) is 0 Å². The van der Waals surface area contributed by atoms with Gasteiger partial charge in [0.05, 0.1) is 6.07 Å². The lowest BCUT2D eigenvalue weighted by atomic mass is 9.90. The molecule has 0 aromatic heterocycles. The van der Waals surface area contributed by atoms with Gasteiger partial charge in [0, 0.05) is 5.92 Å². The highest BCUT2D eigenvalue weighted by Gasteiger charge is 2.36. The van der Waals surface area contributed by atoms with Gasteiger partial charge in [-0.1, -0.05) is 27.2 Å². The molecule has 4 unspecified atom stereocenters. The lowest BCUT2D eigenvalue weighted by molar-refractivity contribution is 0.342. The summed E-state index contributed by atoms with van der Waals surface area (Å²) in [6, 6.07) is 2.41. The summed E-state index contributed by atoms with van der Waals surface area (Å²) in [5.74, 6) is 2.50. The van der Waals surface area contributed by atoms with Crippen LogP contribution in [0.2, 0.25) is 0 Å². The maximum Gasteiger partial charge on any atom is 0.0658 e. The molecule has 1 aliphatic rings. The highest BCUT2D eigenvalue weighted by atomic mass is 14.4. The van der Waals surface area contributed by atoms with Gasteiger partial charge in [0.25, 0.3) is 0 Å². The van der Waals surface area contributed by atoms with Gasteiger partial charge in [-0.05, 0) is 24.2 Å². The molecule has 1 heteroatoms. The van der Waals surface area contributed by atoms with E-state index in [0.717, 1.165) is 18.3 Å². The van der Waals surface area contributed by atoms with E-state index in [-0.39, 0.29) is 0 Å². The molecule has 0 heterocycles. The Labute approximate surface area is 69.4 Å². The third kappa shape index (κ3) is 1.40. The lowest BCUT2D eigenvalue weighted by Gasteiger charge is -2.15.